The van der Waals surface area contributed by atoms with Gasteiger partial charge in [-0.1, -0.05) is 41.4 Å². The third-order valence-corrected chi connectivity index (χ3v) is 4.67. The normalized spacial score (nSPS) is 16.2. The lowest BCUT2D eigenvalue weighted by atomic mass is 10.1. The highest BCUT2D eigenvalue weighted by Gasteiger charge is 2.24. The van der Waals surface area contributed by atoms with Gasteiger partial charge in [0.2, 0.25) is 0 Å². The Morgan fingerprint density at radius 3 is 2.65 bits per heavy atom. The fraction of sp³-hybridized carbons (Fsp3) is 0.200. The van der Waals surface area contributed by atoms with E-state index in [9.17, 15) is 4.79 Å². The maximum absolute atomic E-state index is 12.5. The summed E-state index contributed by atoms with van der Waals surface area (Å²) >= 11 is 5.94. The van der Waals surface area contributed by atoms with Crippen molar-refractivity contribution in [3.05, 3.63) is 82.1 Å². The smallest absolute Gasteiger partial charge is 0.276 e. The van der Waals surface area contributed by atoms with Crippen LogP contribution in [-0.4, -0.2) is 15.7 Å². The summed E-state index contributed by atoms with van der Waals surface area (Å²) < 4.78 is 7.76. The molecule has 1 N–H and O–H groups in total. The predicted molar refractivity (Wildman–Crippen MR) is 100 cm³/mol. The van der Waals surface area contributed by atoms with Gasteiger partial charge in [0, 0.05) is 10.7 Å². The van der Waals surface area contributed by atoms with Crippen molar-refractivity contribution < 1.29 is 9.53 Å². The standard InChI is InChI=1S/C20H18ClN3O2/c1-13-2-8-16(9-3-13)22-20(25)18-10-17-12-26-19(11-24(17)23-18)14-4-6-15(21)7-5-14/h2-10,19H,11-12H2,1H3,(H,22,25). The highest BCUT2D eigenvalue weighted by atomic mass is 35.5. The van der Waals surface area contributed by atoms with E-state index in [2.05, 4.69) is 10.4 Å². The minimum atomic E-state index is -0.223. The molecule has 26 heavy (non-hydrogen) atoms. The van der Waals surface area contributed by atoms with Crippen molar-refractivity contribution in [2.45, 2.75) is 26.2 Å². The molecule has 0 bridgehead atoms. The molecular weight excluding hydrogens is 350 g/mol. The molecule has 6 heteroatoms. The van der Waals surface area contributed by atoms with E-state index in [1.165, 1.54) is 0 Å². The van der Waals surface area contributed by atoms with Crippen LogP contribution in [0.5, 0.6) is 0 Å². The average molecular weight is 368 g/mol. The number of carbonyl (C=O) groups is 1. The lowest BCUT2D eigenvalue weighted by Gasteiger charge is -2.24. The van der Waals surface area contributed by atoms with E-state index >= 15 is 0 Å². The maximum Gasteiger partial charge on any atom is 0.276 e. The Morgan fingerprint density at radius 2 is 1.92 bits per heavy atom. The van der Waals surface area contributed by atoms with Crippen LogP contribution in [0.25, 0.3) is 0 Å². The zero-order valence-electron chi connectivity index (χ0n) is 14.3. The Hall–Kier alpha value is -2.63. The lowest BCUT2D eigenvalue weighted by Crippen LogP contribution is -2.22. The molecule has 0 spiro atoms. The SMILES string of the molecule is Cc1ccc(NC(=O)c2cc3n(n2)CC(c2ccc(Cl)cc2)OC3)cc1. The first-order valence-electron chi connectivity index (χ1n) is 8.40. The Labute approximate surface area is 156 Å². The van der Waals surface area contributed by atoms with Gasteiger partial charge < -0.3 is 10.1 Å². The number of rotatable bonds is 3. The Morgan fingerprint density at radius 1 is 1.19 bits per heavy atom. The summed E-state index contributed by atoms with van der Waals surface area (Å²) in [7, 11) is 0. The zero-order valence-corrected chi connectivity index (χ0v) is 15.0. The van der Waals surface area contributed by atoms with Gasteiger partial charge in [-0.15, -0.1) is 0 Å². The molecular formula is C20H18ClN3O2. The number of fused-ring (bicyclic) bond motifs is 1. The third-order valence-electron chi connectivity index (χ3n) is 4.42. The maximum atomic E-state index is 12.5. The minimum Gasteiger partial charge on any atom is -0.365 e. The number of amides is 1. The molecule has 2 aromatic carbocycles. The van der Waals surface area contributed by atoms with Gasteiger partial charge >= 0.3 is 0 Å². The van der Waals surface area contributed by atoms with Gasteiger partial charge in [-0.2, -0.15) is 5.10 Å². The van der Waals surface area contributed by atoms with E-state index in [1.54, 1.807) is 6.07 Å². The van der Waals surface area contributed by atoms with E-state index in [0.29, 0.717) is 23.9 Å². The molecule has 2 heterocycles. The largest absolute Gasteiger partial charge is 0.365 e. The molecule has 0 saturated carbocycles. The van der Waals surface area contributed by atoms with Gasteiger partial charge in [-0.25, -0.2) is 0 Å². The van der Waals surface area contributed by atoms with Gasteiger partial charge in [0.25, 0.3) is 5.91 Å². The topological polar surface area (TPSA) is 56.2 Å². The monoisotopic (exact) mass is 367 g/mol. The van der Waals surface area contributed by atoms with Crippen LogP contribution in [0, 0.1) is 6.92 Å². The van der Waals surface area contributed by atoms with Crippen LogP contribution in [0.1, 0.15) is 33.4 Å². The second-order valence-corrected chi connectivity index (χ2v) is 6.81. The lowest BCUT2D eigenvalue weighted by molar-refractivity contribution is -0.00118. The van der Waals surface area contributed by atoms with Crippen LogP contribution in [0.2, 0.25) is 5.02 Å². The van der Waals surface area contributed by atoms with Crippen LogP contribution in [-0.2, 0) is 17.9 Å². The van der Waals surface area contributed by atoms with Gasteiger partial charge in [-0.3, -0.25) is 9.48 Å². The first kappa shape index (κ1) is 16.8. The van der Waals surface area contributed by atoms with Crippen LogP contribution in [0.15, 0.2) is 54.6 Å². The van der Waals surface area contributed by atoms with Crippen molar-refractivity contribution in [1.29, 1.82) is 0 Å². The molecule has 1 unspecified atom stereocenters. The molecule has 1 amide bonds. The fourth-order valence-electron chi connectivity index (χ4n) is 2.95. The van der Waals surface area contributed by atoms with Crippen molar-refractivity contribution in [3.8, 4) is 0 Å². The third kappa shape index (κ3) is 3.49. The Balaban J connectivity index is 1.49. The molecule has 0 saturated heterocycles. The van der Waals surface area contributed by atoms with E-state index in [0.717, 1.165) is 22.5 Å². The summed E-state index contributed by atoms with van der Waals surface area (Å²) in [5.74, 6) is -0.223. The quantitative estimate of drug-likeness (QED) is 0.747. The van der Waals surface area contributed by atoms with Crippen LogP contribution in [0.3, 0.4) is 0 Å². The highest BCUT2D eigenvalue weighted by molar-refractivity contribution is 6.30. The second kappa shape index (κ2) is 6.94. The molecule has 4 rings (SSSR count). The molecule has 5 nitrogen and oxygen atoms in total. The van der Waals surface area contributed by atoms with Crippen molar-refractivity contribution in [2.24, 2.45) is 0 Å². The molecule has 0 radical (unpaired) electrons. The van der Waals surface area contributed by atoms with E-state index in [4.69, 9.17) is 16.3 Å². The molecule has 1 aliphatic heterocycles. The number of aromatic nitrogens is 2. The highest BCUT2D eigenvalue weighted by Crippen LogP contribution is 2.27. The molecule has 3 aromatic rings. The number of ether oxygens (including phenoxy) is 1. The Kier molecular flexibility index (Phi) is 4.49. The van der Waals surface area contributed by atoms with Crippen LogP contribution >= 0.6 is 11.6 Å². The van der Waals surface area contributed by atoms with Crippen molar-refractivity contribution in [1.82, 2.24) is 9.78 Å². The molecule has 0 aliphatic carbocycles. The van der Waals surface area contributed by atoms with Crippen molar-refractivity contribution in [3.63, 3.8) is 0 Å². The molecule has 1 aromatic heterocycles. The summed E-state index contributed by atoms with van der Waals surface area (Å²) in [6.45, 7) is 2.99. The van der Waals surface area contributed by atoms with E-state index in [-0.39, 0.29) is 12.0 Å². The molecule has 1 atom stereocenters. The number of nitrogens with zero attached hydrogens (tertiary/aromatic N) is 2. The predicted octanol–water partition coefficient (Wildman–Crippen LogP) is 4.37. The summed E-state index contributed by atoms with van der Waals surface area (Å²) in [4.78, 5) is 12.5. The Bertz CT molecular complexity index is 933. The van der Waals surface area contributed by atoms with Crippen molar-refractivity contribution in [2.75, 3.05) is 5.32 Å². The first-order valence-corrected chi connectivity index (χ1v) is 8.78. The summed E-state index contributed by atoms with van der Waals surface area (Å²) in [5.41, 5.74) is 4.22. The van der Waals surface area contributed by atoms with Crippen LogP contribution < -0.4 is 5.32 Å². The molecule has 0 fully saturated rings. The minimum absolute atomic E-state index is 0.104. The fourth-order valence-corrected chi connectivity index (χ4v) is 3.07. The zero-order chi connectivity index (χ0) is 18.1. The number of hydrogen-bond acceptors (Lipinski definition) is 3. The number of benzene rings is 2. The van der Waals surface area contributed by atoms with Gasteiger partial charge in [0.05, 0.1) is 18.8 Å². The average Bonchev–Trinajstić information content (AvgIpc) is 3.08. The number of carbonyl (C=O) groups excluding carboxylic acids is 1. The van der Waals surface area contributed by atoms with Crippen molar-refractivity contribution >= 4 is 23.2 Å². The number of hydrogen-bond donors (Lipinski definition) is 1. The van der Waals surface area contributed by atoms with Gasteiger partial charge in [-0.05, 0) is 42.8 Å². The molecule has 1 aliphatic rings. The van der Waals surface area contributed by atoms with Gasteiger partial charge in [0.1, 0.15) is 6.10 Å². The van der Waals surface area contributed by atoms with Gasteiger partial charge in [0.15, 0.2) is 5.69 Å². The number of halogens is 1. The number of aryl methyl sites for hydroxylation is 1. The second-order valence-electron chi connectivity index (χ2n) is 6.37. The number of anilines is 1. The number of nitrogens with one attached hydrogen (secondary N) is 1. The summed E-state index contributed by atoms with van der Waals surface area (Å²) in [6, 6.07) is 17.0. The summed E-state index contributed by atoms with van der Waals surface area (Å²) in [6.07, 6.45) is -0.104. The molecule has 132 valence electrons. The summed E-state index contributed by atoms with van der Waals surface area (Å²) in [5, 5.41) is 8.02. The van der Waals surface area contributed by atoms with E-state index in [1.807, 2.05) is 60.1 Å². The van der Waals surface area contributed by atoms with Crippen LogP contribution in [0.4, 0.5) is 5.69 Å². The van der Waals surface area contributed by atoms with E-state index < -0.39 is 0 Å². The first-order chi connectivity index (χ1) is 12.6.